The highest BCUT2D eigenvalue weighted by atomic mass is 32.2. The SMILES string of the molecule is CCCOc1ccc(S(=O)(=O)N2CCN(C)CC2)cc1-c1cc2c([nH]1)c1nncn1c(=O)n2CCC. The van der Waals surface area contributed by atoms with Crippen LogP contribution in [0.25, 0.3) is 27.9 Å². The highest BCUT2D eigenvalue weighted by molar-refractivity contribution is 7.89. The van der Waals surface area contributed by atoms with Crippen LogP contribution in [0.4, 0.5) is 0 Å². The first-order chi connectivity index (χ1) is 17.3. The van der Waals surface area contributed by atoms with Crippen LogP contribution in [0, 0.1) is 0 Å². The molecule has 0 saturated carbocycles. The molecule has 0 aliphatic carbocycles. The van der Waals surface area contributed by atoms with Crippen LogP contribution >= 0.6 is 0 Å². The number of rotatable bonds is 8. The Labute approximate surface area is 209 Å². The first kappa shape index (κ1) is 24.5. The fourth-order valence-corrected chi connectivity index (χ4v) is 6.03. The Morgan fingerprint density at radius 3 is 2.58 bits per heavy atom. The van der Waals surface area contributed by atoms with Crippen LogP contribution in [0.5, 0.6) is 5.75 Å². The first-order valence-electron chi connectivity index (χ1n) is 12.3. The lowest BCUT2D eigenvalue weighted by molar-refractivity contribution is 0.222. The molecule has 0 unspecified atom stereocenters. The van der Waals surface area contributed by atoms with Gasteiger partial charge in [0.2, 0.25) is 10.0 Å². The maximum Gasteiger partial charge on any atom is 0.335 e. The first-order valence-corrected chi connectivity index (χ1v) is 13.7. The number of fused-ring (bicyclic) bond motifs is 3. The summed E-state index contributed by atoms with van der Waals surface area (Å²) in [6.07, 6.45) is 2.99. The predicted octanol–water partition coefficient (Wildman–Crippen LogP) is 2.17. The summed E-state index contributed by atoms with van der Waals surface area (Å²) in [7, 11) is -1.69. The lowest BCUT2D eigenvalue weighted by Crippen LogP contribution is -2.47. The van der Waals surface area contributed by atoms with Gasteiger partial charge in [0.05, 0.1) is 22.7 Å². The third-order valence-corrected chi connectivity index (χ3v) is 8.44. The molecule has 12 heteroatoms. The normalized spacial score (nSPS) is 15.8. The van der Waals surface area contributed by atoms with Crippen LogP contribution in [-0.4, -0.2) is 81.6 Å². The number of likely N-dealkylation sites (N-methyl/N-ethyl adjacent to an activating group) is 1. The minimum Gasteiger partial charge on any atom is -0.493 e. The summed E-state index contributed by atoms with van der Waals surface area (Å²) >= 11 is 0. The van der Waals surface area contributed by atoms with Gasteiger partial charge in [0, 0.05) is 38.3 Å². The Bertz CT molecular complexity index is 1560. The lowest BCUT2D eigenvalue weighted by atomic mass is 10.1. The van der Waals surface area contributed by atoms with Crippen LogP contribution in [0.3, 0.4) is 0 Å². The van der Waals surface area contributed by atoms with Gasteiger partial charge in [-0.25, -0.2) is 17.6 Å². The van der Waals surface area contributed by atoms with Crippen molar-refractivity contribution in [1.82, 2.24) is 33.4 Å². The fraction of sp³-hybridized carbons (Fsp3) is 0.458. The maximum atomic E-state index is 13.5. The van der Waals surface area contributed by atoms with Gasteiger partial charge in [0.1, 0.15) is 17.6 Å². The van der Waals surface area contributed by atoms with E-state index in [9.17, 15) is 13.2 Å². The second-order valence-corrected chi connectivity index (χ2v) is 11.1. The molecule has 5 rings (SSSR count). The quantitative estimate of drug-likeness (QED) is 0.384. The standard InChI is InChI=1S/C24H31N7O4S/c1-4-8-30-20-15-19(26-22(20)23-27-25-16-31(23)24(30)32)18-14-17(6-7-21(18)35-13-5-2)36(33,34)29-11-9-28(3)10-12-29/h6-7,14-16,26H,4-5,8-13H2,1-3H3. The molecular weight excluding hydrogens is 482 g/mol. The number of H-pyrrole nitrogens is 1. The Kier molecular flexibility index (Phi) is 6.58. The van der Waals surface area contributed by atoms with E-state index < -0.39 is 10.0 Å². The summed E-state index contributed by atoms with van der Waals surface area (Å²) in [5.74, 6) is 0.572. The molecule has 0 spiro atoms. The average molecular weight is 514 g/mol. The number of aromatic amines is 1. The van der Waals surface area contributed by atoms with E-state index >= 15 is 0 Å². The van der Waals surface area contributed by atoms with Gasteiger partial charge in [-0.3, -0.25) is 4.57 Å². The van der Waals surface area contributed by atoms with Crippen molar-refractivity contribution in [2.75, 3.05) is 39.8 Å². The molecule has 1 aromatic carbocycles. The van der Waals surface area contributed by atoms with Crippen LogP contribution in [0.15, 0.2) is 40.3 Å². The number of hydrogen-bond donors (Lipinski definition) is 1. The van der Waals surface area contributed by atoms with Crippen molar-refractivity contribution in [3.05, 3.63) is 41.1 Å². The molecule has 3 aromatic heterocycles. The number of ether oxygens (including phenoxy) is 1. The molecule has 11 nitrogen and oxygen atoms in total. The monoisotopic (exact) mass is 513 g/mol. The maximum absolute atomic E-state index is 13.5. The van der Waals surface area contributed by atoms with Crippen molar-refractivity contribution >= 4 is 26.7 Å². The minimum atomic E-state index is -3.68. The molecular formula is C24H31N7O4S. The van der Waals surface area contributed by atoms with E-state index in [1.165, 1.54) is 15.0 Å². The number of benzene rings is 1. The Morgan fingerprint density at radius 1 is 1.08 bits per heavy atom. The molecule has 0 radical (unpaired) electrons. The van der Waals surface area contributed by atoms with E-state index in [0.717, 1.165) is 12.8 Å². The Morgan fingerprint density at radius 2 is 1.86 bits per heavy atom. The van der Waals surface area contributed by atoms with Gasteiger partial charge >= 0.3 is 5.69 Å². The molecule has 0 atom stereocenters. The topological polar surface area (TPSA) is 118 Å². The molecule has 0 amide bonds. The van der Waals surface area contributed by atoms with Gasteiger partial charge in [-0.05, 0) is 44.2 Å². The zero-order valence-corrected chi connectivity index (χ0v) is 21.6. The third kappa shape index (κ3) is 4.18. The van der Waals surface area contributed by atoms with Gasteiger partial charge in [0.25, 0.3) is 0 Å². The van der Waals surface area contributed by atoms with Crippen LogP contribution in [-0.2, 0) is 16.6 Å². The lowest BCUT2D eigenvalue weighted by Gasteiger charge is -2.31. The molecule has 4 heterocycles. The van der Waals surface area contributed by atoms with Crippen molar-refractivity contribution in [2.45, 2.75) is 38.1 Å². The van der Waals surface area contributed by atoms with E-state index in [0.29, 0.717) is 73.0 Å². The predicted molar refractivity (Wildman–Crippen MR) is 137 cm³/mol. The number of hydrogen-bond acceptors (Lipinski definition) is 7. The second kappa shape index (κ2) is 9.68. The third-order valence-electron chi connectivity index (χ3n) is 6.55. The number of nitrogens with one attached hydrogen (secondary N) is 1. The zero-order chi connectivity index (χ0) is 25.4. The van der Waals surface area contributed by atoms with Crippen molar-refractivity contribution < 1.29 is 13.2 Å². The number of aryl methyl sites for hydroxylation is 1. The zero-order valence-electron chi connectivity index (χ0n) is 20.8. The number of aromatic nitrogens is 5. The molecule has 36 heavy (non-hydrogen) atoms. The molecule has 1 fully saturated rings. The number of nitrogens with zero attached hydrogens (tertiary/aromatic N) is 6. The molecule has 1 saturated heterocycles. The van der Waals surface area contributed by atoms with E-state index in [1.54, 1.807) is 22.8 Å². The smallest absolute Gasteiger partial charge is 0.335 e. The Hall–Kier alpha value is -3.22. The van der Waals surface area contributed by atoms with Gasteiger partial charge in [-0.2, -0.15) is 4.31 Å². The molecule has 1 N–H and O–H groups in total. The van der Waals surface area contributed by atoms with Gasteiger partial charge in [0.15, 0.2) is 5.65 Å². The highest BCUT2D eigenvalue weighted by Gasteiger charge is 2.29. The summed E-state index contributed by atoms with van der Waals surface area (Å²) in [6, 6.07) is 6.84. The van der Waals surface area contributed by atoms with E-state index in [4.69, 9.17) is 4.74 Å². The minimum absolute atomic E-state index is 0.211. The molecule has 1 aliphatic heterocycles. The molecule has 0 bridgehead atoms. The van der Waals surface area contributed by atoms with E-state index in [2.05, 4.69) is 20.1 Å². The van der Waals surface area contributed by atoms with Crippen molar-refractivity contribution in [3.63, 3.8) is 0 Å². The second-order valence-electron chi connectivity index (χ2n) is 9.12. The van der Waals surface area contributed by atoms with Crippen molar-refractivity contribution in [1.29, 1.82) is 0 Å². The van der Waals surface area contributed by atoms with E-state index in [1.807, 2.05) is 27.0 Å². The summed E-state index contributed by atoms with van der Waals surface area (Å²) in [5.41, 5.74) is 2.81. The van der Waals surface area contributed by atoms with Crippen molar-refractivity contribution in [2.24, 2.45) is 0 Å². The van der Waals surface area contributed by atoms with Gasteiger partial charge in [-0.15, -0.1) is 10.2 Å². The average Bonchev–Trinajstić information content (AvgIpc) is 3.53. The summed E-state index contributed by atoms with van der Waals surface area (Å²) in [4.78, 5) is 18.7. The van der Waals surface area contributed by atoms with Gasteiger partial charge in [-0.1, -0.05) is 13.8 Å². The van der Waals surface area contributed by atoms with E-state index in [-0.39, 0.29) is 10.6 Å². The summed E-state index contributed by atoms with van der Waals surface area (Å²) < 4.78 is 37.6. The molecule has 1 aliphatic rings. The van der Waals surface area contributed by atoms with Crippen LogP contribution in [0.2, 0.25) is 0 Å². The van der Waals surface area contributed by atoms with Crippen LogP contribution < -0.4 is 10.4 Å². The summed E-state index contributed by atoms with van der Waals surface area (Å²) in [6.45, 7) is 7.31. The largest absolute Gasteiger partial charge is 0.493 e. The number of piperazine rings is 1. The highest BCUT2D eigenvalue weighted by Crippen LogP contribution is 2.35. The Balaban J connectivity index is 1.67. The van der Waals surface area contributed by atoms with Gasteiger partial charge < -0.3 is 14.6 Å². The van der Waals surface area contributed by atoms with Crippen LogP contribution in [0.1, 0.15) is 26.7 Å². The fourth-order valence-electron chi connectivity index (χ4n) is 4.59. The molecule has 4 aromatic rings. The van der Waals surface area contributed by atoms with Crippen molar-refractivity contribution in [3.8, 4) is 17.0 Å². The molecule has 192 valence electrons. The summed E-state index contributed by atoms with van der Waals surface area (Å²) in [5, 5.41) is 8.07. The number of sulfonamides is 1.